The molecule has 0 saturated heterocycles. The molecule has 0 aliphatic heterocycles. The number of hydrogen-bond acceptors (Lipinski definition) is 6. The summed E-state index contributed by atoms with van der Waals surface area (Å²) in [5.74, 6) is -1.60. The van der Waals surface area contributed by atoms with E-state index in [9.17, 15) is 18.8 Å². The second-order valence-corrected chi connectivity index (χ2v) is 12.5. The number of nitrogens with zero attached hydrogens (tertiary/aromatic N) is 1. The predicted octanol–water partition coefficient (Wildman–Crippen LogP) is 8.18. The minimum atomic E-state index is -0.561. The van der Waals surface area contributed by atoms with Crippen LogP contribution < -0.4 is 16.0 Å². The summed E-state index contributed by atoms with van der Waals surface area (Å²) >= 11 is 2.75. The minimum absolute atomic E-state index is 0.0159. The van der Waals surface area contributed by atoms with Crippen LogP contribution in [-0.2, 0) is 9.59 Å². The maximum Gasteiger partial charge on any atom is 0.272 e. The van der Waals surface area contributed by atoms with Crippen LogP contribution >= 0.6 is 23.1 Å². The van der Waals surface area contributed by atoms with Crippen molar-refractivity contribution in [3.63, 3.8) is 0 Å². The van der Waals surface area contributed by atoms with E-state index in [2.05, 4.69) is 20.9 Å². The molecular formula is C36H31FN4O3S2. The third-order valence-corrected chi connectivity index (χ3v) is 8.94. The van der Waals surface area contributed by atoms with E-state index in [1.54, 1.807) is 48.5 Å². The fraction of sp³-hybridized carbons (Fsp3) is 0.111. The quantitative estimate of drug-likeness (QED) is 0.0989. The molecular weight excluding hydrogens is 620 g/mol. The van der Waals surface area contributed by atoms with Crippen molar-refractivity contribution in [1.82, 2.24) is 10.3 Å². The molecule has 1 heterocycles. The predicted molar refractivity (Wildman–Crippen MR) is 184 cm³/mol. The van der Waals surface area contributed by atoms with Gasteiger partial charge in [0.2, 0.25) is 5.91 Å². The summed E-state index contributed by atoms with van der Waals surface area (Å²) in [5.41, 5.74) is 4.33. The molecule has 0 aliphatic carbocycles. The molecule has 1 unspecified atom stereocenters. The van der Waals surface area contributed by atoms with Crippen molar-refractivity contribution in [2.45, 2.75) is 30.4 Å². The largest absolute Gasteiger partial charge is 0.321 e. The van der Waals surface area contributed by atoms with E-state index in [1.807, 2.05) is 49.6 Å². The van der Waals surface area contributed by atoms with Gasteiger partial charge in [0.15, 0.2) is 5.13 Å². The maximum absolute atomic E-state index is 13.5. The van der Waals surface area contributed by atoms with Crippen molar-refractivity contribution in [3.05, 3.63) is 137 Å². The summed E-state index contributed by atoms with van der Waals surface area (Å²) in [4.78, 5) is 44.9. The number of aromatic nitrogens is 1. The van der Waals surface area contributed by atoms with Crippen LogP contribution in [0.2, 0.25) is 0 Å². The lowest BCUT2D eigenvalue weighted by molar-refractivity contribution is -0.116. The van der Waals surface area contributed by atoms with E-state index in [0.29, 0.717) is 28.4 Å². The van der Waals surface area contributed by atoms with Gasteiger partial charge in [-0.3, -0.25) is 14.4 Å². The number of hydrogen-bond donors (Lipinski definition) is 3. The Hall–Kier alpha value is -5.06. The highest BCUT2D eigenvalue weighted by Gasteiger charge is 2.20. The summed E-state index contributed by atoms with van der Waals surface area (Å²) in [6.07, 6.45) is 2.05. The van der Waals surface area contributed by atoms with Crippen LogP contribution in [0.15, 0.2) is 119 Å². The number of thioether (sulfide) groups is 1. The van der Waals surface area contributed by atoms with Crippen LogP contribution in [0.5, 0.6) is 0 Å². The zero-order valence-corrected chi connectivity index (χ0v) is 26.8. The van der Waals surface area contributed by atoms with E-state index >= 15 is 0 Å². The van der Waals surface area contributed by atoms with Crippen molar-refractivity contribution in [3.8, 4) is 11.3 Å². The normalized spacial score (nSPS) is 11.8. The highest BCUT2D eigenvalue weighted by atomic mass is 32.2. The number of anilines is 2. The molecule has 1 aromatic heterocycles. The average molecular weight is 651 g/mol. The van der Waals surface area contributed by atoms with E-state index in [0.717, 1.165) is 21.7 Å². The standard InChI is InChI=1S/C36H31FN4O3S2/c1-3-32(35(44)41-36-40-31(22-45-36)25-16-12-23(2)13-17-25)46-29-11-7-10-28(21-29)38-34(43)30(20-24-14-18-27(37)19-15-24)39-33(42)26-8-5-4-6-9-26/h4-22,32H,3H2,1-2H3,(H,38,43)(H,39,42)(H,40,41,44)/b30-20-. The van der Waals surface area contributed by atoms with Crippen LogP contribution in [-0.4, -0.2) is 28.0 Å². The number of amides is 3. The van der Waals surface area contributed by atoms with Crippen molar-refractivity contribution >= 4 is 57.7 Å². The van der Waals surface area contributed by atoms with Crippen LogP contribution in [0.1, 0.15) is 34.8 Å². The van der Waals surface area contributed by atoms with E-state index in [1.165, 1.54) is 53.4 Å². The van der Waals surface area contributed by atoms with Crippen molar-refractivity contribution in [1.29, 1.82) is 0 Å². The molecule has 0 radical (unpaired) electrons. The number of aryl methyl sites for hydroxylation is 1. The van der Waals surface area contributed by atoms with Gasteiger partial charge in [0, 0.05) is 27.1 Å². The molecule has 46 heavy (non-hydrogen) atoms. The molecule has 5 rings (SSSR count). The second kappa shape index (κ2) is 15.3. The smallest absolute Gasteiger partial charge is 0.272 e. The Morgan fingerprint density at radius 2 is 1.65 bits per heavy atom. The molecule has 5 aromatic rings. The fourth-order valence-electron chi connectivity index (χ4n) is 4.37. The van der Waals surface area contributed by atoms with Gasteiger partial charge in [-0.1, -0.05) is 73.2 Å². The summed E-state index contributed by atoms with van der Waals surface area (Å²) in [7, 11) is 0. The summed E-state index contributed by atoms with van der Waals surface area (Å²) in [5, 5.41) is 10.5. The molecule has 0 saturated carbocycles. The Labute approximate surface area is 275 Å². The van der Waals surface area contributed by atoms with Gasteiger partial charge in [0.05, 0.1) is 10.9 Å². The molecule has 1 atom stereocenters. The molecule has 4 aromatic carbocycles. The van der Waals surface area contributed by atoms with Crippen LogP contribution in [0, 0.1) is 12.7 Å². The molecule has 0 bridgehead atoms. The zero-order chi connectivity index (χ0) is 32.5. The van der Waals surface area contributed by atoms with Gasteiger partial charge in [-0.25, -0.2) is 9.37 Å². The monoisotopic (exact) mass is 650 g/mol. The first-order chi connectivity index (χ1) is 22.3. The number of benzene rings is 4. The lowest BCUT2D eigenvalue weighted by atomic mass is 10.1. The highest BCUT2D eigenvalue weighted by Crippen LogP contribution is 2.30. The molecule has 0 aliphatic rings. The van der Waals surface area contributed by atoms with Gasteiger partial charge >= 0.3 is 0 Å². The number of halogens is 1. The number of thiazole rings is 1. The fourth-order valence-corrected chi connectivity index (χ4v) is 6.11. The highest BCUT2D eigenvalue weighted by molar-refractivity contribution is 8.00. The summed E-state index contributed by atoms with van der Waals surface area (Å²) < 4.78 is 13.5. The Morgan fingerprint density at radius 1 is 0.913 bits per heavy atom. The summed E-state index contributed by atoms with van der Waals surface area (Å²) in [6.45, 7) is 3.96. The minimum Gasteiger partial charge on any atom is -0.321 e. The Balaban J connectivity index is 1.27. The van der Waals surface area contributed by atoms with Gasteiger partial charge in [0.25, 0.3) is 11.8 Å². The number of carbonyl (C=O) groups is 3. The topological polar surface area (TPSA) is 100 Å². The van der Waals surface area contributed by atoms with Crippen LogP contribution in [0.4, 0.5) is 15.2 Å². The first-order valence-electron chi connectivity index (χ1n) is 14.5. The van der Waals surface area contributed by atoms with Crippen molar-refractivity contribution < 1.29 is 18.8 Å². The average Bonchev–Trinajstić information content (AvgIpc) is 3.53. The molecule has 10 heteroatoms. The number of carbonyl (C=O) groups excluding carboxylic acids is 3. The van der Waals surface area contributed by atoms with Gasteiger partial charge in [0.1, 0.15) is 11.5 Å². The van der Waals surface area contributed by atoms with Crippen LogP contribution in [0.3, 0.4) is 0 Å². The molecule has 3 N–H and O–H groups in total. The van der Waals surface area contributed by atoms with Crippen molar-refractivity contribution in [2.24, 2.45) is 0 Å². The number of nitrogens with one attached hydrogen (secondary N) is 3. The molecule has 7 nitrogen and oxygen atoms in total. The molecule has 0 fully saturated rings. The zero-order valence-electron chi connectivity index (χ0n) is 25.1. The van der Waals surface area contributed by atoms with E-state index < -0.39 is 22.9 Å². The lowest BCUT2D eigenvalue weighted by Gasteiger charge is -2.15. The summed E-state index contributed by atoms with van der Waals surface area (Å²) in [6, 6.07) is 29.3. The Bertz CT molecular complexity index is 1860. The molecule has 3 amide bonds. The van der Waals surface area contributed by atoms with Gasteiger partial charge in [-0.05, 0) is 67.4 Å². The first-order valence-corrected chi connectivity index (χ1v) is 16.3. The molecule has 0 spiro atoms. The third-order valence-electron chi connectivity index (χ3n) is 6.82. The van der Waals surface area contributed by atoms with Gasteiger partial charge in [-0.2, -0.15) is 0 Å². The SMILES string of the molecule is CCC(Sc1cccc(NC(=O)/C(=C/c2ccc(F)cc2)NC(=O)c2ccccc2)c1)C(=O)Nc1nc(-c2ccc(C)cc2)cs1. The van der Waals surface area contributed by atoms with E-state index in [-0.39, 0.29) is 11.6 Å². The maximum atomic E-state index is 13.5. The third kappa shape index (κ3) is 8.77. The van der Waals surface area contributed by atoms with Gasteiger partial charge < -0.3 is 16.0 Å². The Kier molecular flexibility index (Phi) is 10.7. The van der Waals surface area contributed by atoms with Crippen LogP contribution in [0.25, 0.3) is 17.3 Å². The Morgan fingerprint density at radius 3 is 2.37 bits per heavy atom. The number of rotatable bonds is 11. The lowest BCUT2D eigenvalue weighted by Crippen LogP contribution is -2.30. The van der Waals surface area contributed by atoms with Gasteiger partial charge in [-0.15, -0.1) is 23.1 Å². The van der Waals surface area contributed by atoms with E-state index in [4.69, 9.17) is 0 Å². The molecule has 232 valence electrons. The first kappa shape index (κ1) is 32.3. The van der Waals surface area contributed by atoms with Crippen molar-refractivity contribution in [2.75, 3.05) is 10.6 Å². The second-order valence-electron chi connectivity index (χ2n) is 10.3.